The van der Waals surface area contributed by atoms with Gasteiger partial charge in [-0.1, -0.05) is 17.7 Å². The summed E-state index contributed by atoms with van der Waals surface area (Å²) >= 11 is 6.08. The standard InChI is InChI=1S/C22H20ClN3O4/c1-24-20(27)12-30-18-6-3-13(10-19(18)29-2)9-14-7-8-26-21(14)25-17-11-15(23)4-5-16(17)22(26)28/h3-6,9-11H,7-8,12H2,1-2H3,(H,24,27)/b14-9-. The molecule has 1 aliphatic rings. The van der Waals surface area contributed by atoms with Crippen molar-refractivity contribution < 1.29 is 14.3 Å². The lowest BCUT2D eigenvalue weighted by Gasteiger charge is -2.11. The lowest BCUT2D eigenvalue weighted by atomic mass is 10.1. The number of amides is 1. The lowest BCUT2D eigenvalue weighted by molar-refractivity contribution is -0.122. The van der Waals surface area contributed by atoms with Crippen molar-refractivity contribution in [2.24, 2.45) is 0 Å². The number of rotatable bonds is 5. The van der Waals surface area contributed by atoms with Crippen molar-refractivity contribution in [3.8, 4) is 11.5 Å². The topological polar surface area (TPSA) is 82.5 Å². The fraction of sp³-hybridized carbons (Fsp3) is 0.227. The number of fused-ring (bicyclic) bond motifs is 2. The third-order valence-corrected chi connectivity index (χ3v) is 5.21. The first-order chi connectivity index (χ1) is 14.5. The number of hydrogen-bond acceptors (Lipinski definition) is 5. The fourth-order valence-corrected chi connectivity index (χ4v) is 3.60. The quantitative estimate of drug-likeness (QED) is 0.679. The van der Waals surface area contributed by atoms with Crippen molar-refractivity contribution in [3.05, 3.63) is 63.2 Å². The monoisotopic (exact) mass is 425 g/mol. The van der Waals surface area contributed by atoms with E-state index in [9.17, 15) is 9.59 Å². The number of aromatic nitrogens is 2. The third-order valence-electron chi connectivity index (χ3n) is 4.98. The Labute approximate surface area is 177 Å². The van der Waals surface area contributed by atoms with Gasteiger partial charge in [0.05, 0.1) is 18.0 Å². The van der Waals surface area contributed by atoms with Crippen LogP contribution in [0, 0.1) is 0 Å². The highest BCUT2D eigenvalue weighted by atomic mass is 35.5. The highest BCUT2D eigenvalue weighted by Crippen LogP contribution is 2.32. The molecular weight excluding hydrogens is 406 g/mol. The van der Waals surface area contributed by atoms with Gasteiger partial charge in [-0.2, -0.15) is 0 Å². The minimum Gasteiger partial charge on any atom is -0.493 e. The van der Waals surface area contributed by atoms with Crippen molar-refractivity contribution in [2.75, 3.05) is 20.8 Å². The average molecular weight is 426 g/mol. The molecule has 1 N–H and O–H groups in total. The first kappa shape index (κ1) is 20.0. The van der Waals surface area contributed by atoms with E-state index in [1.807, 2.05) is 18.2 Å². The Morgan fingerprint density at radius 1 is 1.27 bits per heavy atom. The van der Waals surface area contributed by atoms with Gasteiger partial charge in [0.15, 0.2) is 18.1 Å². The average Bonchev–Trinajstić information content (AvgIpc) is 3.15. The van der Waals surface area contributed by atoms with E-state index in [0.717, 1.165) is 11.1 Å². The molecule has 154 valence electrons. The first-order valence-electron chi connectivity index (χ1n) is 9.42. The molecule has 0 saturated carbocycles. The van der Waals surface area contributed by atoms with Gasteiger partial charge in [-0.05, 0) is 54.0 Å². The van der Waals surface area contributed by atoms with Crippen LogP contribution in [0.15, 0.2) is 41.2 Å². The maximum Gasteiger partial charge on any atom is 0.261 e. The number of methoxy groups -OCH3 is 1. The molecule has 0 saturated heterocycles. The van der Waals surface area contributed by atoms with Crippen LogP contribution in [0.5, 0.6) is 11.5 Å². The molecule has 4 rings (SSSR count). The number of likely N-dealkylation sites (N-methyl/N-ethyl adjacent to an activating group) is 1. The van der Waals surface area contributed by atoms with E-state index in [1.54, 1.807) is 43.0 Å². The van der Waals surface area contributed by atoms with Crippen LogP contribution in [0.4, 0.5) is 0 Å². The summed E-state index contributed by atoms with van der Waals surface area (Å²) in [5.41, 5.74) is 2.35. The molecule has 0 spiro atoms. The largest absolute Gasteiger partial charge is 0.493 e. The molecule has 2 heterocycles. The van der Waals surface area contributed by atoms with E-state index < -0.39 is 0 Å². The molecule has 0 unspecified atom stereocenters. The Morgan fingerprint density at radius 3 is 2.87 bits per heavy atom. The number of ether oxygens (including phenoxy) is 2. The number of allylic oxidation sites excluding steroid dienone is 1. The van der Waals surface area contributed by atoms with Crippen molar-refractivity contribution in [3.63, 3.8) is 0 Å². The van der Waals surface area contributed by atoms with E-state index >= 15 is 0 Å². The van der Waals surface area contributed by atoms with Gasteiger partial charge in [0.25, 0.3) is 11.5 Å². The Morgan fingerprint density at radius 2 is 2.10 bits per heavy atom. The molecule has 30 heavy (non-hydrogen) atoms. The predicted molar refractivity (Wildman–Crippen MR) is 116 cm³/mol. The van der Waals surface area contributed by atoms with E-state index in [-0.39, 0.29) is 18.1 Å². The Kier molecular flexibility index (Phi) is 5.46. The van der Waals surface area contributed by atoms with Crippen LogP contribution in [0.25, 0.3) is 22.6 Å². The van der Waals surface area contributed by atoms with Crippen molar-refractivity contribution in [1.29, 1.82) is 0 Å². The minimum atomic E-state index is -0.227. The van der Waals surface area contributed by atoms with Gasteiger partial charge in [-0.3, -0.25) is 14.2 Å². The van der Waals surface area contributed by atoms with Crippen LogP contribution in [-0.4, -0.2) is 36.2 Å². The molecule has 1 aromatic heterocycles. The first-order valence-corrected chi connectivity index (χ1v) is 9.80. The maximum atomic E-state index is 12.8. The number of nitrogens with one attached hydrogen (secondary N) is 1. The van der Waals surface area contributed by atoms with Crippen molar-refractivity contribution in [2.45, 2.75) is 13.0 Å². The molecule has 0 fully saturated rings. The van der Waals surface area contributed by atoms with Crippen LogP contribution < -0.4 is 20.3 Å². The fourth-order valence-electron chi connectivity index (χ4n) is 3.44. The van der Waals surface area contributed by atoms with Gasteiger partial charge in [0, 0.05) is 18.6 Å². The zero-order valence-corrected chi connectivity index (χ0v) is 17.3. The number of halogens is 1. The second kappa shape index (κ2) is 8.20. The molecule has 8 heteroatoms. The van der Waals surface area contributed by atoms with Gasteiger partial charge < -0.3 is 14.8 Å². The molecule has 0 aliphatic carbocycles. The van der Waals surface area contributed by atoms with E-state index in [2.05, 4.69) is 10.3 Å². The molecule has 0 radical (unpaired) electrons. The molecular formula is C22H20ClN3O4. The molecule has 7 nitrogen and oxygen atoms in total. The SMILES string of the molecule is CNC(=O)COc1ccc(/C=C2/CCn3c2nc2cc(Cl)ccc2c3=O)cc1OC. The normalized spacial score (nSPS) is 14.0. The summed E-state index contributed by atoms with van der Waals surface area (Å²) in [5, 5.41) is 3.61. The molecule has 1 aliphatic heterocycles. The third kappa shape index (κ3) is 3.76. The van der Waals surface area contributed by atoms with Gasteiger partial charge in [0.2, 0.25) is 0 Å². The number of carbonyl (C=O) groups excluding carboxylic acids is 1. The number of hydrogen-bond donors (Lipinski definition) is 1. The Balaban J connectivity index is 1.69. The minimum absolute atomic E-state index is 0.0643. The van der Waals surface area contributed by atoms with E-state index in [4.69, 9.17) is 21.1 Å². The van der Waals surface area contributed by atoms with Crippen LogP contribution in [-0.2, 0) is 11.3 Å². The number of benzene rings is 2. The zero-order valence-electron chi connectivity index (χ0n) is 16.6. The highest BCUT2D eigenvalue weighted by molar-refractivity contribution is 6.31. The maximum absolute atomic E-state index is 12.8. The summed E-state index contributed by atoms with van der Waals surface area (Å²) in [5.74, 6) is 1.41. The number of carbonyl (C=O) groups is 1. The second-order valence-electron chi connectivity index (χ2n) is 6.85. The summed E-state index contributed by atoms with van der Waals surface area (Å²) in [7, 11) is 3.09. The van der Waals surface area contributed by atoms with Crippen LogP contribution in [0.2, 0.25) is 5.02 Å². The Hall–Kier alpha value is -3.32. The van der Waals surface area contributed by atoms with Gasteiger partial charge >= 0.3 is 0 Å². The molecule has 2 aromatic carbocycles. The molecule has 0 atom stereocenters. The number of nitrogens with zero attached hydrogens (tertiary/aromatic N) is 2. The summed E-state index contributed by atoms with van der Waals surface area (Å²) < 4.78 is 12.6. The van der Waals surface area contributed by atoms with Crippen LogP contribution >= 0.6 is 11.6 Å². The lowest BCUT2D eigenvalue weighted by Crippen LogP contribution is -2.24. The van der Waals surface area contributed by atoms with E-state index in [0.29, 0.717) is 46.2 Å². The zero-order chi connectivity index (χ0) is 21.3. The summed E-state index contributed by atoms with van der Waals surface area (Å²) in [6, 6.07) is 10.6. The predicted octanol–water partition coefficient (Wildman–Crippen LogP) is 3.13. The van der Waals surface area contributed by atoms with Crippen LogP contribution in [0.1, 0.15) is 17.8 Å². The van der Waals surface area contributed by atoms with Gasteiger partial charge in [-0.25, -0.2) is 4.98 Å². The van der Waals surface area contributed by atoms with E-state index in [1.165, 1.54) is 0 Å². The van der Waals surface area contributed by atoms with Crippen molar-refractivity contribution >= 4 is 40.1 Å². The molecule has 1 amide bonds. The van der Waals surface area contributed by atoms with Crippen LogP contribution in [0.3, 0.4) is 0 Å². The highest BCUT2D eigenvalue weighted by Gasteiger charge is 2.21. The van der Waals surface area contributed by atoms with Gasteiger partial charge in [0.1, 0.15) is 5.82 Å². The molecule has 0 bridgehead atoms. The summed E-state index contributed by atoms with van der Waals surface area (Å²) in [6.07, 6.45) is 2.68. The van der Waals surface area contributed by atoms with Gasteiger partial charge in [-0.15, -0.1) is 0 Å². The van der Waals surface area contributed by atoms with Crippen molar-refractivity contribution in [1.82, 2.24) is 14.9 Å². The summed E-state index contributed by atoms with van der Waals surface area (Å²) in [4.78, 5) is 28.9. The molecule has 3 aromatic rings. The smallest absolute Gasteiger partial charge is 0.261 e. The summed E-state index contributed by atoms with van der Waals surface area (Å²) in [6.45, 7) is 0.485. The second-order valence-corrected chi connectivity index (χ2v) is 7.28. The Bertz CT molecular complexity index is 1230.